The molecule has 1 aromatic heterocycles. The summed E-state index contributed by atoms with van der Waals surface area (Å²) in [6, 6.07) is 7.02. The zero-order valence-electron chi connectivity index (χ0n) is 14.6. The second-order valence-electron chi connectivity index (χ2n) is 5.58. The Balaban J connectivity index is 1.83. The van der Waals surface area contributed by atoms with Gasteiger partial charge >= 0.3 is 5.97 Å². The number of benzene rings is 1. The van der Waals surface area contributed by atoms with E-state index < -0.39 is 18.5 Å². The van der Waals surface area contributed by atoms with Crippen molar-refractivity contribution in [1.82, 2.24) is 4.98 Å². The van der Waals surface area contributed by atoms with E-state index in [1.165, 1.54) is 6.07 Å². The van der Waals surface area contributed by atoms with Gasteiger partial charge in [-0.1, -0.05) is 35.3 Å². The molecule has 2 aromatic rings. The number of nitrogens with one attached hydrogen (secondary N) is 1. The normalized spacial score (nSPS) is 10.3. The Morgan fingerprint density at radius 2 is 1.85 bits per heavy atom. The summed E-state index contributed by atoms with van der Waals surface area (Å²) in [6.07, 6.45) is 0. The van der Waals surface area contributed by atoms with Crippen molar-refractivity contribution in [3.05, 3.63) is 51.1 Å². The van der Waals surface area contributed by atoms with Gasteiger partial charge in [0.05, 0.1) is 15.7 Å². The number of aromatic nitrogens is 1. The Labute approximate surface area is 161 Å². The van der Waals surface area contributed by atoms with E-state index in [9.17, 15) is 9.59 Å². The Hall–Kier alpha value is -2.31. The van der Waals surface area contributed by atoms with Crippen molar-refractivity contribution in [2.75, 3.05) is 18.5 Å². The molecule has 138 valence electrons. The van der Waals surface area contributed by atoms with Gasteiger partial charge in [-0.3, -0.25) is 4.79 Å². The van der Waals surface area contributed by atoms with E-state index in [0.717, 1.165) is 11.1 Å². The van der Waals surface area contributed by atoms with Gasteiger partial charge in [-0.2, -0.15) is 0 Å². The number of nitrogens with zero attached hydrogens (tertiary/aromatic N) is 1. The van der Waals surface area contributed by atoms with E-state index >= 15 is 0 Å². The van der Waals surface area contributed by atoms with E-state index in [1.54, 1.807) is 13.0 Å². The van der Waals surface area contributed by atoms with Crippen LogP contribution in [0.5, 0.6) is 5.75 Å². The van der Waals surface area contributed by atoms with Gasteiger partial charge in [0.25, 0.3) is 5.91 Å². The standard InChI is InChI=1S/C18H18Cl2N2O4/c1-10-5-4-6-15(11(10)2)25-9-17(24)26-8-16(23)22-18-14(20)7-13(19)12(3)21-18/h4-7H,8-9H2,1-3H3,(H,21,22,23). The lowest BCUT2D eigenvalue weighted by Gasteiger charge is -2.11. The van der Waals surface area contributed by atoms with Crippen LogP contribution in [0, 0.1) is 20.8 Å². The lowest BCUT2D eigenvalue weighted by Crippen LogP contribution is -2.24. The van der Waals surface area contributed by atoms with Crippen LogP contribution in [0.15, 0.2) is 24.3 Å². The van der Waals surface area contributed by atoms with E-state index in [-0.39, 0.29) is 17.4 Å². The van der Waals surface area contributed by atoms with E-state index in [0.29, 0.717) is 16.5 Å². The molecule has 1 amide bonds. The van der Waals surface area contributed by atoms with Gasteiger partial charge in [-0.25, -0.2) is 9.78 Å². The van der Waals surface area contributed by atoms with Crippen molar-refractivity contribution in [3.8, 4) is 5.75 Å². The molecule has 0 aliphatic carbocycles. The Morgan fingerprint density at radius 3 is 2.58 bits per heavy atom. The summed E-state index contributed by atoms with van der Waals surface area (Å²) in [4.78, 5) is 27.7. The minimum absolute atomic E-state index is 0.154. The molecule has 1 aromatic carbocycles. The largest absolute Gasteiger partial charge is 0.482 e. The lowest BCUT2D eigenvalue weighted by molar-refractivity contribution is -0.149. The molecule has 0 atom stereocenters. The summed E-state index contributed by atoms with van der Waals surface area (Å²) in [5.41, 5.74) is 2.51. The Morgan fingerprint density at radius 1 is 1.12 bits per heavy atom. The number of rotatable bonds is 6. The van der Waals surface area contributed by atoms with Gasteiger partial charge in [-0.15, -0.1) is 0 Å². The van der Waals surface area contributed by atoms with Crippen LogP contribution in [0.25, 0.3) is 0 Å². The average molecular weight is 397 g/mol. The number of esters is 1. The maximum Gasteiger partial charge on any atom is 0.344 e. The summed E-state index contributed by atoms with van der Waals surface area (Å²) in [6.45, 7) is 4.75. The lowest BCUT2D eigenvalue weighted by atomic mass is 10.1. The molecular formula is C18H18Cl2N2O4. The number of carbonyl (C=O) groups is 2. The topological polar surface area (TPSA) is 77.5 Å². The van der Waals surface area contributed by atoms with Crippen LogP contribution in [0.4, 0.5) is 5.82 Å². The van der Waals surface area contributed by atoms with Crippen LogP contribution in [0.3, 0.4) is 0 Å². The fraction of sp³-hybridized carbons (Fsp3) is 0.278. The molecule has 0 bridgehead atoms. The van der Waals surface area contributed by atoms with Crippen molar-refractivity contribution in [2.45, 2.75) is 20.8 Å². The SMILES string of the molecule is Cc1cccc(OCC(=O)OCC(=O)Nc2nc(C)c(Cl)cc2Cl)c1C. The molecule has 8 heteroatoms. The molecule has 0 fully saturated rings. The van der Waals surface area contributed by atoms with Crippen molar-refractivity contribution < 1.29 is 19.1 Å². The number of pyridine rings is 1. The van der Waals surface area contributed by atoms with Gasteiger partial charge in [0.1, 0.15) is 5.75 Å². The molecule has 26 heavy (non-hydrogen) atoms. The van der Waals surface area contributed by atoms with Crippen molar-refractivity contribution in [2.24, 2.45) is 0 Å². The molecule has 0 aliphatic heterocycles. The van der Waals surface area contributed by atoms with Crippen molar-refractivity contribution >= 4 is 40.9 Å². The molecule has 2 rings (SSSR count). The maximum absolute atomic E-state index is 11.9. The summed E-state index contributed by atoms with van der Waals surface area (Å²) < 4.78 is 10.3. The molecule has 0 radical (unpaired) electrons. The first-order chi connectivity index (χ1) is 12.3. The summed E-state index contributed by atoms with van der Waals surface area (Å²) in [7, 11) is 0. The highest BCUT2D eigenvalue weighted by Crippen LogP contribution is 2.25. The predicted octanol–water partition coefficient (Wildman–Crippen LogP) is 3.87. The van der Waals surface area contributed by atoms with Gasteiger partial charge in [-0.05, 0) is 44.0 Å². The van der Waals surface area contributed by atoms with Crippen LogP contribution >= 0.6 is 23.2 Å². The van der Waals surface area contributed by atoms with Crippen LogP contribution in [-0.4, -0.2) is 30.1 Å². The fourth-order valence-corrected chi connectivity index (χ4v) is 2.43. The Bertz CT molecular complexity index is 840. The third kappa shape index (κ3) is 5.34. The third-order valence-corrected chi connectivity index (χ3v) is 4.30. The first kappa shape index (κ1) is 20.0. The quantitative estimate of drug-likeness (QED) is 0.749. The molecule has 6 nitrogen and oxygen atoms in total. The first-order valence-corrected chi connectivity index (χ1v) is 8.50. The molecule has 0 spiro atoms. The highest BCUT2D eigenvalue weighted by molar-refractivity contribution is 6.36. The van der Waals surface area contributed by atoms with Crippen LogP contribution in [0.2, 0.25) is 10.0 Å². The molecule has 0 aliphatic rings. The number of aryl methyl sites for hydroxylation is 2. The fourth-order valence-electron chi connectivity index (χ4n) is 2.02. The summed E-state index contributed by atoms with van der Waals surface area (Å²) >= 11 is 11.9. The summed E-state index contributed by atoms with van der Waals surface area (Å²) in [5, 5.41) is 3.05. The van der Waals surface area contributed by atoms with E-state index in [2.05, 4.69) is 10.3 Å². The van der Waals surface area contributed by atoms with Gasteiger partial charge < -0.3 is 14.8 Å². The highest BCUT2D eigenvalue weighted by Gasteiger charge is 2.13. The van der Waals surface area contributed by atoms with Crippen molar-refractivity contribution in [1.29, 1.82) is 0 Å². The maximum atomic E-state index is 11.9. The van der Waals surface area contributed by atoms with Gasteiger partial charge in [0, 0.05) is 0 Å². The predicted molar refractivity (Wildman–Crippen MR) is 100.0 cm³/mol. The number of halogens is 2. The smallest absolute Gasteiger partial charge is 0.344 e. The molecule has 1 N–H and O–H groups in total. The minimum Gasteiger partial charge on any atom is -0.482 e. The monoisotopic (exact) mass is 396 g/mol. The van der Waals surface area contributed by atoms with Crippen LogP contribution in [0.1, 0.15) is 16.8 Å². The molecular weight excluding hydrogens is 379 g/mol. The number of anilines is 1. The van der Waals surface area contributed by atoms with Crippen molar-refractivity contribution in [3.63, 3.8) is 0 Å². The number of ether oxygens (including phenoxy) is 2. The highest BCUT2D eigenvalue weighted by atomic mass is 35.5. The molecule has 0 saturated carbocycles. The second kappa shape index (κ2) is 8.87. The number of hydrogen-bond acceptors (Lipinski definition) is 5. The molecule has 0 unspecified atom stereocenters. The average Bonchev–Trinajstić information content (AvgIpc) is 2.59. The zero-order chi connectivity index (χ0) is 19.3. The minimum atomic E-state index is -0.660. The zero-order valence-corrected chi connectivity index (χ0v) is 16.1. The number of carbonyl (C=O) groups excluding carboxylic acids is 2. The van der Waals surface area contributed by atoms with E-state index in [1.807, 2.05) is 26.0 Å². The number of amides is 1. The Kier molecular flexibility index (Phi) is 6.83. The van der Waals surface area contributed by atoms with Crippen LogP contribution < -0.4 is 10.1 Å². The van der Waals surface area contributed by atoms with Crippen LogP contribution in [-0.2, 0) is 14.3 Å². The van der Waals surface area contributed by atoms with Gasteiger partial charge in [0.2, 0.25) is 0 Å². The van der Waals surface area contributed by atoms with Gasteiger partial charge in [0.15, 0.2) is 19.0 Å². The third-order valence-electron chi connectivity index (χ3n) is 3.63. The van der Waals surface area contributed by atoms with E-state index in [4.69, 9.17) is 32.7 Å². The molecule has 0 saturated heterocycles. The number of hydrogen-bond donors (Lipinski definition) is 1. The first-order valence-electron chi connectivity index (χ1n) is 7.75. The summed E-state index contributed by atoms with van der Waals surface area (Å²) in [5.74, 6) is -0.478. The second-order valence-corrected chi connectivity index (χ2v) is 6.40. The molecule has 1 heterocycles.